The second-order valence-corrected chi connectivity index (χ2v) is 6.33. The van der Waals surface area contributed by atoms with E-state index >= 15 is 0 Å². The van der Waals surface area contributed by atoms with Crippen LogP contribution >= 0.6 is 8.15 Å². The Hall–Kier alpha value is 0.270. The summed E-state index contributed by atoms with van der Waals surface area (Å²) < 4.78 is 11.2. The van der Waals surface area contributed by atoms with Crippen molar-refractivity contribution in [2.75, 3.05) is 25.5 Å². The van der Waals surface area contributed by atoms with Gasteiger partial charge >= 0.3 is 0 Å². The Bertz CT molecular complexity index is 202. The van der Waals surface area contributed by atoms with Crippen LogP contribution in [0.4, 0.5) is 0 Å². The number of rotatable bonds is 6. The molecule has 0 saturated carbocycles. The van der Waals surface area contributed by atoms with Crippen molar-refractivity contribution < 1.29 is 19.5 Å². The fourth-order valence-electron chi connectivity index (χ4n) is 2.12. The Labute approximate surface area is 98.8 Å². The van der Waals surface area contributed by atoms with Gasteiger partial charge in [0, 0.05) is 20.7 Å². The van der Waals surface area contributed by atoms with Crippen molar-refractivity contribution >= 4 is 8.15 Å². The van der Waals surface area contributed by atoms with Crippen molar-refractivity contribution in [3.63, 3.8) is 0 Å². The Morgan fingerprint density at radius 2 is 2.06 bits per heavy atom. The highest BCUT2D eigenvalue weighted by atomic mass is 31.1. The van der Waals surface area contributed by atoms with Crippen molar-refractivity contribution in [1.82, 2.24) is 0 Å². The van der Waals surface area contributed by atoms with Crippen molar-refractivity contribution in [3.8, 4) is 0 Å². The molecule has 96 valence electrons. The molecule has 0 spiro atoms. The maximum absolute atomic E-state index is 9.99. The van der Waals surface area contributed by atoms with E-state index in [9.17, 15) is 10.2 Å². The van der Waals surface area contributed by atoms with Gasteiger partial charge in [0.05, 0.1) is 24.9 Å². The van der Waals surface area contributed by atoms with Crippen LogP contribution in [-0.4, -0.2) is 54.1 Å². The van der Waals surface area contributed by atoms with Crippen molar-refractivity contribution in [2.24, 2.45) is 5.92 Å². The molecule has 0 aromatic rings. The zero-order valence-electron chi connectivity index (χ0n) is 10.3. The molecule has 5 atom stereocenters. The van der Waals surface area contributed by atoms with E-state index in [4.69, 9.17) is 9.26 Å². The van der Waals surface area contributed by atoms with E-state index in [2.05, 4.69) is 6.92 Å². The summed E-state index contributed by atoms with van der Waals surface area (Å²) in [5.41, 5.74) is 0. The smallest absolute Gasteiger partial charge is 0.0868 e. The minimum atomic E-state index is -0.499. The van der Waals surface area contributed by atoms with E-state index in [1.165, 1.54) is 0 Å². The molecule has 0 aromatic heterocycles. The molecule has 0 aromatic carbocycles. The number of hydrogen-bond acceptors (Lipinski definition) is 4. The highest BCUT2D eigenvalue weighted by molar-refractivity contribution is 7.52. The van der Waals surface area contributed by atoms with Crippen LogP contribution < -0.4 is 0 Å². The van der Waals surface area contributed by atoms with Crippen molar-refractivity contribution in [3.05, 3.63) is 0 Å². The highest BCUT2D eigenvalue weighted by Gasteiger charge is 2.41. The molecule has 4 nitrogen and oxygen atoms in total. The van der Waals surface area contributed by atoms with Gasteiger partial charge in [0.15, 0.2) is 0 Å². The fraction of sp³-hybridized carbons (Fsp3) is 1.00. The Morgan fingerprint density at radius 3 is 2.56 bits per heavy atom. The number of hydrogen-bond donors (Lipinski definition) is 2. The summed E-state index contributed by atoms with van der Waals surface area (Å²) in [6.45, 7) is 6.62. The first-order valence-electron chi connectivity index (χ1n) is 5.96. The summed E-state index contributed by atoms with van der Waals surface area (Å²) in [6.07, 6.45) is 0.906. The van der Waals surface area contributed by atoms with Gasteiger partial charge in [-0.3, -0.25) is 0 Å². The van der Waals surface area contributed by atoms with Crippen LogP contribution in [0.2, 0.25) is 0 Å². The minimum Gasteiger partial charge on any atom is -0.394 e. The Kier molecular flexibility index (Phi) is 6.16. The molecule has 0 bridgehead atoms. The van der Waals surface area contributed by atoms with Crippen LogP contribution in [0.1, 0.15) is 20.8 Å². The first kappa shape index (κ1) is 14.3. The number of ether oxygens (including phenoxy) is 1. The van der Waals surface area contributed by atoms with E-state index in [1.807, 2.05) is 13.8 Å². The van der Waals surface area contributed by atoms with Gasteiger partial charge in [-0.1, -0.05) is 6.92 Å². The average Bonchev–Trinajstić information content (AvgIpc) is 2.55. The summed E-state index contributed by atoms with van der Waals surface area (Å²) in [6, 6.07) is 0. The van der Waals surface area contributed by atoms with Crippen LogP contribution in [0.25, 0.3) is 0 Å². The van der Waals surface area contributed by atoms with Gasteiger partial charge < -0.3 is 19.5 Å². The molecule has 16 heavy (non-hydrogen) atoms. The first-order valence-corrected chi connectivity index (χ1v) is 7.59. The molecule has 2 N–H and O–H groups in total. The lowest BCUT2D eigenvalue weighted by Gasteiger charge is -2.23. The fourth-order valence-corrected chi connectivity index (χ4v) is 3.95. The first-order chi connectivity index (χ1) is 7.63. The molecule has 1 aliphatic rings. The molecule has 1 saturated heterocycles. The van der Waals surface area contributed by atoms with E-state index in [0.717, 1.165) is 12.3 Å². The topological polar surface area (TPSA) is 58.9 Å². The van der Waals surface area contributed by atoms with Crippen LogP contribution in [0.5, 0.6) is 0 Å². The largest absolute Gasteiger partial charge is 0.394 e. The van der Waals surface area contributed by atoms with Crippen LogP contribution in [0, 0.1) is 5.92 Å². The third kappa shape index (κ3) is 3.38. The molecule has 2 unspecified atom stereocenters. The molecular weight excluding hydrogens is 227 g/mol. The highest BCUT2D eigenvalue weighted by Crippen LogP contribution is 2.42. The standard InChI is InChI=1S/C11H23O4P/c1-4-14-16(5-2)7-9-10(6-12)15-8(3)11(9)13/h8-13H,4-7H2,1-3H3/t8-,9-,10+,11?,16?/m0/s1. The lowest BCUT2D eigenvalue weighted by molar-refractivity contribution is -0.00165. The summed E-state index contributed by atoms with van der Waals surface area (Å²) in [7, 11) is -0.499. The second-order valence-electron chi connectivity index (χ2n) is 4.12. The molecule has 1 heterocycles. The van der Waals surface area contributed by atoms with Crippen LogP contribution in [-0.2, 0) is 9.26 Å². The van der Waals surface area contributed by atoms with E-state index in [1.54, 1.807) is 0 Å². The lowest BCUT2D eigenvalue weighted by Crippen LogP contribution is -2.30. The molecule has 1 fully saturated rings. The zero-order valence-corrected chi connectivity index (χ0v) is 11.2. The minimum absolute atomic E-state index is 0.0117. The quantitative estimate of drug-likeness (QED) is 0.695. The zero-order chi connectivity index (χ0) is 12.1. The summed E-state index contributed by atoms with van der Waals surface area (Å²) in [5, 5.41) is 19.2. The summed E-state index contributed by atoms with van der Waals surface area (Å²) >= 11 is 0. The number of aliphatic hydroxyl groups excluding tert-OH is 2. The Morgan fingerprint density at radius 1 is 1.38 bits per heavy atom. The molecular formula is C11H23O4P. The van der Waals surface area contributed by atoms with E-state index in [0.29, 0.717) is 6.61 Å². The maximum atomic E-state index is 9.99. The predicted octanol–water partition coefficient (Wildman–Crippen LogP) is 1.20. The number of aliphatic hydroxyl groups is 2. The molecule has 1 aliphatic heterocycles. The molecule has 0 amide bonds. The third-order valence-corrected chi connectivity index (χ3v) is 5.20. The molecule has 0 aliphatic carbocycles. The summed E-state index contributed by atoms with van der Waals surface area (Å²) in [4.78, 5) is 0. The van der Waals surface area contributed by atoms with Gasteiger partial charge in [0.1, 0.15) is 0 Å². The van der Waals surface area contributed by atoms with E-state index < -0.39 is 14.3 Å². The SMILES string of the molecule is CCOP(CC)C[C@@H]1C(O)[C@H](C)O[C@@H]1CO. The average molecular weight is 250 g/mol. The Balaban J connectivity index is 2.55. The van der Waals surface area contributed by atoms with Crippen LogP contribution in [0.3, 0.4) is 0 Å². The van der Waals surface area contributed by atoms with Gasteiger partial charge in [-0.15, -0.1) is 0 Å². The predicted molar refractivity (Wildman–Crippen MR) is 64.9 cm³/mol. The van der Waals surface area contributed by atoms with Gasteiger partial charge in [0.25, 0.3) is 0 Å². The second kappa shape index (κ2) is 6.87. The van der Waals surface area contributed by atoms with Crippen molar-refractivity contribution in [2.45, 2.75) is 39.1 Å². The van der Waals surface area contributed by atoms with Crippen molar-refractivity contribution in [1.29, 1.82) is 0 Å². The molecule has 0 radical (unpaired) electrons. The normalized spacial score (nSPS) is 36.6. The van der Waals surface area contributed by atoms with E-state index in [-0.39, 0.29) is 24.7 Å². The van der Waals surface area contributed by atoms with Gasteiger partial charge in [0.2, 0.25) is 0 Å². The summed E-state index contributed by atoms with van der Waals surface area (Å²) in [5.74, 6) is 0.0117. The van der Waals surface area contributed by atoms with Gasteiger partial charge in [-0.05, 0) is 26.2 Å². The molecule has 5 heteroatoms. The maximum Gasteiger partial charge on any atom is 0.0868 e. The monoisotopic (exact) mass is 250 g/mol. The molecule has 1 rings (SSSR count). The lowest BCUT2D eigenvalue weighted by atomic mass is 9.99. The van der Waals surface area contributed by atoms with Gasteiger partial charge in [-0.25, -0.2) is 0 Å². The van der Waals surface area contributed by atoms with Gasteiger partial charge in [-0.2, -0.15) is 0 Å². The third-order valence-electron chi connectivity index (χ3n) is 3.05. The van der Waals surface area contributed by atoms with Crippen LogP contribution in [0.15, 0.2) is 0 Å².